The number of likely N-dealkylation sites (tertiary alicyclic amines) is 1. The van der Waals surface area contributed by atoms with Gasteiger partial charge in [0.15, 0.2) is 0 Å². The molecule has 0 saturated carbocycles. The van der Waals surface area contributed by atoms with Crippen LogP contribution in [0.15, 0.2) is 29.2 Å². The van der Waals surface area contributed by atoms with Crippen molar-refractivity contribution in [1.29, 1.82) is 0 Å². The maximum absolute atomic E-state index is 13.1. The Morgan fingerprint density at radius 3 is 2.43 bits per heavy atom. The largest absolute Gasteiger partial charge is 0.342 e. The quantitative estimate of drug-likeness (QED) is 0.792. The van der Waals surface area contributed by atoms with Crippen LogP contribution in [-0.2, 0) is 14.8 Å². The van der Waals surface area contributed by atoms with Gasteiger partial charge < -0.3 is 10.6 Å². The summed E-state index contributed by atoms with van der Waals surface area (Å²) in [6.45, 7) is 5.87. The number of nitrogens with two attached hydrogens (primary N) is 1. The van der Waals surface area contributed by atoms with Gasteiger partial charge in [0.25, 0.3) is 0 Å². The lowest BCUT2D eigenvalue weighted by atomic mass is 9.79. The standard InChI is InChI=1S/C19H28FN3O3S.ClH/c1-19(2)13-22(11-9-17(19)21)18(24)14-4-3-10-23(12-14)27(25,26)16-7-5-15(20)6-8-16;/h5-8,14,17H,3-4,9-13,21H2,1-2H3;1H. The molecule has 0 radical (unpaired) electrons. The van der Waals surface area contributed by atoms with Crippen LogP contribution in [0, 0.1) is 17.2 Å². The van der Waals surface area contributed by atoms with Gasteiger partial charge in [-0.2, -0.15) is 4.31 Å². The van der Waals surface area contributed by atoms with Crippen LogP contribution < -0.4 is 5.73 Å². The van der Waals surface area contributed by atoms with Crippen molar-refractivity contribution in [2.24, 2.45) is 17.1 Å². The molecule has 6 nitrogen and oxygen atoms in total. The molecule has 158 valence electrons. The Balaban J connectivity index is 0.00000280. The minimum absolute atomic E-state index is 0. The zero-order valence-corrected chi connectivity index (χ0v) is 17.9. The van der Waals surface area contributed by atoms with Crippen molar-refractivity contribution in [3.05, 3.63) is 30.1 Å². The molecule has 3 rings (SSSR count). The topological polar surface area (TPSA) is 83.7 Å². The summed E-state index contributed by atoms with van der Waals surface area (Å²) in [5.74, 6) is -0.820. The lowest BCUT2D eigenvalue weighted by molar-refractivity contribution is -0.140. The van der Waals surface area contributed by atoms with Crippen molar-refractivity contribution in [3.63, 3.8) is 0 Å². The van der Waals surface area contributed by atoms with Crippen molar-refractivity contribution < 1.29 is 17.6 Å². The number of carbonyl (C=O) groups is 1. The summed E-state index contributed by atoms with van der Waals surface area (Å²) in [4.78, 5) is 14.9. The summed E-state index contributed by atoms with van der Waals surface area (Å²) in [6, 6.07) is 4.87. The van der Waals surface area contributed by atoms with E-state index < -0.39 is 15.8 Å². The highest BCUT2D eigenvalue weighted by Gasteiger charge is 2.39. The van der Waals surface area contributed by atoms with Gasteiger partial charge in [-0.3, -0.25) is 4.79 Å². The molecular weight excluding hydrogens is 405 g/mol. The number of rotatable bonds is 3. The molecular formula is C19H29ClFN3O3S. The van der Waals surface area contributed by atoms with E-state index >= 15 is 0 Å². The highest BCUT2D eigenvalue weighted by molar-refractivity contribution is 7.89. The fourth-order valence-electron chi connectivity index (χ4n) is 3.94. The first-order chi connectivity index (χ1) is 12.6. The van der Waals surface area contributed by atoms with Crippen LogP contribution in [-0.4, -0.2) is 55.8 Å². The highest BCUT2D eigenvalue weighted by Crippen LogP contribution is 2.31. The molecule has 2 aliphatic rings. The second kappa shape index (κ2) is 8.65. The molecule has 2 atom stereocenters. The number of piperidine rings is 2. The highest BCUT2D eigenvalue weighted by atomic mass is 35.5. The van der Waals surface area contributed by atoms with Crippen LogP contribution in [0.25, 0.3) is 0 Å². The number of hydrogen-bond acceptors (Lipinski definition) is 4. The van der Waals surface area contributed by atoms with Crippen molar-refractivity contribution in [2.75, 3.05) is 26.2 Å². The molecule has 2 saturated heterocycles. The molecule has 2 aliphatic heterocycles. The first-order valence-electron chi connectivity index (χ1n) is 9.41. The molecule has 2 unspecified atom stereocenters. The predicted octanol–water partition coefficient (Wildman–Crippen LogP) is 2.23. The van der Waals surface area contributed by atoms with Gasteiger partial charge in [0.1, 0.15) is 5.82 Å². The number of nitrogens with zero attached hydrogens (tertiary/aromatic N) is 2. The van der Waals surface area contributed by atoms with Crippen molar-refractivity contribution in [3.8, 4) is 0 Å². The normalized spacial score (nSPS) is 25.8. The van der Waals surface area contributed by atoms with Crippen molar-refractivity contribution in [1.82, 2.24) is 9.21 Å². The maximum Gasteiger partial charge on any atom is 0.243 e. The molecule has 1 aromatic rings. The number of carbonyl (C=O) groups excluding carboxylic acids is 1. The Labute approximate surface area is 172 Å². The minimum Gasteiger partial charge on any atom is -0.342 e. The Morgan fingerprint density at radius 2 is 1.82 bits per heavy atom. The Morgan fingerprint density at radius 1 is 1.18 bits per heavy atom. The number of benzene rings is 1. The summed E-state index contributed by atoms with van der Waals surface area (Å²) < 4.78 is 40.2. The van der Waals surface area contributed by atoms with E-state index in [9.17, 15) is 17.6 Å². The van der Waals surface area contributed by atoms with E-state index in [1.54, 1.807) is 0 Å². The number of amides is 1. The van der Waals surface area contributed by atoms with E-state index in [0.29, 0.717) is 32.5 Å². The molecule has 0 aromatic heterocycles. The molecule has 1 aromatic carbocycles. The number of hydrogen-bond donors (Lipinski definition) is 1. The van der Waals surface area contributed by atoms with E-state index in [1.807, 2.05) is 4.90 Å². The molecule has 0 aliphatic carbocycles. The van der Waals surface area contributed by atoms with Gasteiger partial charge in [-0.05, 0) is 48.9 Å². The van der Waals surface area contributed by atoms with Crippen LogP contribution in [0.5, 0.6) is 0 Å². The summed E-state index contributed by atoms with van der Waals surface area (Å²) in [6.07, 6.45) is 2.06. The van der Waals surface area contributed by atoms with Gasteiger partial charge in [-0.15, -0.1) is 12.4 Å². The Bertz CT molecular complexity index is 801. The van der Waals surface area contributed by atoms with Gasteiger partial charge in [0.2, 0.25) is 15.9 Å². The third-order valence-corrected chi connectivity index (χ3v) is 7.69. The fraction of sp³-hybridized carbons (Fsp3) is 0.632. The first kappa shape index (κ1) is 23.1. The second-order valence-corrected chi connectivity index (χ2v) is 10.2. The Hall–Kier alpha value is -1.22. The molecule has 9 heteroatoms. The third-order valence-electron chi connectivity index (χ3n) is 5.81. The van der Waals surface area contributed by atoms with Crippen LogP contribution in [0.4, 0.5) is 4.39 Å². The van der Waals surface area contributed by atoms with Gasteiger partial charge in [0.05, 0.1) is 10.8 Å². The zero-order valence-electron chi connectivity index (χ0n) is 16.3. The first-order valence-corrected chi connectivity index (χ1v) is 10.9. The average Bonchev–Trinajstić information content (AvgIpc) is 2.64. The lowest BCUT2D eigenvalue weighted by Crippen LogP contribution is -2.56. The van der Waals surface area contributed by atoms with Gasteiger partial charge in [-0.1, -0.05) is 13.8 Å². The van der Waals surface area contributed by atoms with E-state index in [0.717, 1.165) is 18.6 Å². The van der Waals surface area contributed by atoms with E-state index in [4.69, 9.17) is 5.73 Å². The van der Waals surface area contributed by atoms with Gasteiger partial charge >= 0.3 is 0 Å². The summed E-state index contributed by atoms with van der Waals surface area (Å²) in [5.41, 5.74) is 6.00. The fourth-order valence-corrected chi connectivity index (χ4v) is 5.46. The van der Waals surface area contributed by atoms with Crippen LogP contribution in [0.3, 0.4) is 0 Å². The molecule has 0 spiro atoms. The van der Waals surface area contributed by atoms with Crippen LogP contribution in [0.2, 0.25) is 0 Å². The number of halogens is 2. The molecule has 2 N–H and O–H groups in total. The van der Waals surface area contributed by atoms with Crippen LogP contribution in [0.1, 0.15) is 33.1 Å². The number of sulfonamides is 1. The molecule has 2 heterocycles. The maximum atomic E-state index is 13.1. The molecule has 0 bridgehead atoms. The summed E-state index contributed by atoms with van der Waals surface area (Å²) in [7, 11) is -3.73. The van der Waals surface area contributed by atoms with Gasteiger partial charge in [-0.25, -0.2) is 12.8 Å². The van der Waals surface area contributed by atoms with Crippen molar-refractivity contribution in [2.45, 2.75) is 44.0 Å². The van der Waals surface area contributed by atoms with Gasteiger partial charge in [0, 0.05) is 32.2 Å². The third kappa shape index (κ3) is 4.67. The van der Waals surface area contributed by atoms with Crippen molar-refractivity contribution >= 4 is 28.3 Å². The molecule has 28 heavy (non-hydrogen) atoms. The summed E-state index contributed by atoms with van der Waals surface area (Å²) >= 11 is 0. The van der Waals surface area contributed by atoms with E-state index in [1.165, 1.54) is 16.4 Å². The molecule has 1 amide bonds. The van der Waals surface area contributed by atoms with Crippen LogP contribution >= 0.6 is 12.4 Å². The SMILES string of the molecule is CC1(C)CN(C(=O)C2CCCN(S(=O)(=O)c3ccc(F)cc3)C2)CCC1N.Cl. The average molecular weight is 434 g/mol. The molecule has 2 fully saturated rings. The van der Waals surface area contributed by atoms with E-state index in [-0.39, 0.29) is 47.1 Å². The second-order valence-electron chi connectivity index (χ2n) is 8.30. The van der Waals surface area contributed by atoms with E-state index in [2.05, 4.69) is 13.8 Å². The lowest BCUT2D eigenvalue weighted by Gasteiger charge is -2.44. The zero-order chi connectivity index (χ0) is 19.8. The smallest absolute Gasteiger partial charge is 0.243 e. The monoisotopic (exact) mass is 433 g/mol. The Kier molecular flexibility index (Phi) is 7.12. The minimum atomic E-state index is -3.73. The predicted molar refractivity (Wildman–Crippen MR) is 108 cm³/mol. The summed E-state index contributed by atoms with van der Waals surface area (Å²) in [5, 5.41) is 0.